The van der Waals surface area contributed by atoms with Crippen molar-refractivity contribution in [3.8, 4) is 0 Å². The highest BCUT2D eigenvalue weighted by atomic mass is 16.6. The van der Waals surface area contributed by atoms with Crippen LogP contribution in [0.4, 0.5) is 4.79 Å². The summed E-state index contributed by atoms with van der Waals surface area (Å²) in [5.41, 5.74) is 0.306. The van der Waals surface area contributed by atoms with E-state index in [-0.39, 0.29) is 6.61 Å². The van der Waals surface area contributed by atoms with Gasteiger partial charge in [0.15, 0.2) is 6.10 Å². The minimum Gasteiger partial charge on any atom is -0.467 e. The first-order valence-corrected chi connectivity index (χ1v) is 7.46. The lowest BCUT2D eigenvalue weighted by Crippen LogP contribution is -2.48. The standard InChI is InChI=1S/C17H25NO5/c1-12(18-16(20)23-17(2,3)4)14(15(19)21-5)22-11-13-9-7-6-8-10-13/h6-10,12,14H,11H2,1-5H3,(H,18,20). The lowest BCUT2D eigenvalue weighted by molar-refractivity contribution is -0.156. The van der Waals surface area contributed by atoms with Crippen LogP contribution in [-0.4, -0.2) is 36.9 Å². The van der Waals surface area contributed by atoms with Crippen LogP contribution in [0.5, 0.6) is 0 Å². The first kappa shape index (κ1) is 19.0. The van der Waals surface area contributed by atoms with Crippen molar-refractivity contribution >= 4 is 12.1 Å². The number of rotatable bonds is 6. The minimum atomic E-state index is -0.923. The number of carbonyl (C=O) groups is 2. The molecule has 1 aromatic carbocycles. The summed E-state index contributed by atoms with van der Waals surface area (Å²) in [5.74, 6) is -0.551. The molecule has 1 aromatic rings. The van der Waals surface area contributed by atoms with E-state index >= 15 is 0 Å². The van der Waals surface area contributed by atoms with Gasteiger partial charge in [0.2, 0.25) is 0 Å². The van der Waals surface area contributed by atoms with Crippen molar-refractivity contribution in [1.29, 1.82) is 0 Å². The number of nitrogens with one attached hydrogen (secondary N) is 1. The molecule has 23 heavy (non-hydrogen) atoms. The monoisotopic (exact) mass is 323 g/mol. The van der Waals surface area contributed by atoms with Gasteiger partial charge in [-0.3, -0.25) is 0 Å². The molecule has 0 aliphatic carbocycles. The molecule has 6 heteroatoms. The maximum atomic E-state index is 11.9. The number of esters is 1. The average Bonchev–Trinajstić information content (AvgIpc) is 2.46. The first-order chi connectivity index (χ1) is 10.7. The second-order valence-electron chi connectivity index (χ2n) is 6.18. The second-order valence-corrected chi connectivity index (χ2v) is 6.18. The molecule has 0 aliphatic rings. The number of hydrogen-bond acceptors (Lipinski definition) is 5. The Kier molecular flexibility index (Phi) is 7.03. The Labute approximate surface area is 137 Å². The molecule has 0 radical (unpaired) electrons. The normalized spacial score (nSPS) is 13.8. The predicted molar refractivity (Wildman–Crippen MR) is 85.9 cm³/mol. The van der Waals surface area contributed by atoms with E-state index in [4.69, 9.17) is 14.2 Å². The average molecular weight is 323 g/mol. The zero-order valence-corrected chi connectivity index (χ0v) is 14.3. The molecule has 0 aliphatic heterocycles. The zero-order valence-electron chi connectivity index (χ0n) is 14.3. The molecular formula is C17H25NO5. The van der Waals surface area contributed by atoms with Gasteiger partial charge in [0.25, 0.3) is 0 Å². The topological polar surface area (TPSA) is 73.9 Å². The molecule has 1 amide bonds. The van der Waals surface area contributed by atoms with Gasteiger partial charge in [0, 0.05) is 0 Å². The molecule has 128 valence electrons. The Morgan fingerprint density at radius 2 is 1.78 bits per heavy atom. The van der Waals surface area contributed by atoms with Crippen molar-refractivity contribution in [2.24, 2.45) is 0 Å². The van der Waals surface area contributed by atoms with Gasteiger partial charge in [-0.05, 0) is 33.3 Å². The number of benzene rings is 1. The highest BCUT2D eigenvalue weighted by molar-refractivity contribution is 5.77. The third kappa shape index (κ3) is 7.15. The van der Waals surface area contributed by atoms with E-state index in [1.807, 2.05) is 30.3 Å². The third-order valence-electron chi connectivity index (χ3n) is 2.90. The van der Waals surface area contributed by atoms with Crippen LogP contribution < -0.4 is 5.32 Å². The molecule has 1 N–H and O–H groups in total. The summed E-state index contributed by atoms with van der Waals surface area (Å²) in [6.07, 6.45) is -1.53. The van der Waals surface area contributed by atoms with Crippen molar-refractivity contribution in [3.05, 3.63) is 35.9 Å². The Balaban J connectivity index is 2.65. The van der Waals surface area contributed by atoms with E-state index in [1.54, 1.807) is 27.7 Å². The van der Waals surface area contributed by atoms with E-state index in [0.717, 1.165) is 5.56 Å². The van der Waals surface area contributed by atoms with E-state index in [9.17, 15) is 9.59 Å². The van der Waals surface area contributed by atoms with Gasteiger partial charge < -0.3 is 19.5 Å². The first-order valence-electron chi connectivity index (χ1n) is 7.46. The van der Waals surface area contributed by atoms with Crippen LogP contribution in [0.3, 0.4) is 0 Å². The molecule has 0 heterocycles. The summed E-state index contributed by atoms with van der Waals surface area (Å²) >= 11 is 0. The van der Waals surface area contributed by atoms with E-state index in [1.165, 1.54) is 7.11 Å². The van der Waals surface area contributed by atoms with E-state index in [0.29, 0.717) is 0 Å². The van der Waals surface area contributed by atoms with Crippen LogP contribution >= 0.6 is 0 Å². The summed E-state index contributed by atoms with van der Waals surface area (Å²) in [6, 6.07) is 8.85. The summed E-state index contributed by atoms with van der Waals surface area (Å²) in [5, 5.41) is 2.60. The van der Waals surface area contributed by atoms with Crippen molar-refractivity contribution in [1.82, 2.24) is 5.32 Å². The van der Waals surface area contributed by atoms with Crippen LogP contribution in [0.25, 0.3) is 0 Å². The highest BCUT2D eigenvalue weighted by Crippen LogP contribution is 2.10. The number of methoxy groups -OCH3 is 1. The quantitative estimate of drug-likeness (QED) is 0.815. The van der Waals surface area contributed by atoms with Gasteiger partial charge in [-0.25, -0.2) is 9.59 Å². The van der Waals surface area contributed by atoms with Gasteiger partial charge in [-0.15, -0.1) is 0 Å². The Morgan fingerprint density at radius 3 is 2.30 bits per heavy atom. The molecule has 0 saturated carbocycles. The van der Waals surface area contributed by atoms with Crippen LogP contribution in [0.2, 0.25) is 0 Å². The number of alkyl carbamates (subject to hydrolysis) is 1. The fourth-order valence-electron chi connectivity index (χ4n) is 1.86. The van der Waals surface area contributed by atoms with E-state index in [2.05, 4.69) is 5.32 Å². The number of hydrogen-bond donors (Lipinski definition) is 1. The molecular weight excluding hydrogens is 298 g/mol. The largest absolute Gasteiger partial charge is 0.467 e. The predicted octanol–water partition coefficient (Wildman–Crippen LogP) is 2.66. The Hall–Kier alpha value is -2.08. The summed E-state index contributed by atoms with van der Waals surface area (Å²) < 4.78 is 15.6. The maximum absolute atomic E-state index is 11.9. The zero-order chi connectivity index (χ0) is 17.5. The molecule has 0 aromatic heterocycles. The molecule has 0 saturated heterocycles. The van der Waals surface area contributed by atoms with Crippen molar-refractivity contribution in [2.75, 3.05) is 7.11 Å². The van der Waals surface area contributed by atoms with Crippen LogP contribution in [0.1, 0.15) is 33.3 Å². The second kappa shape index (κ2) is 8.53. The molecule has 0 fully saturated rings. The van der Waals surface area contributed by atoms with Crippen molar-refractivity contribution in [3.63, 3.8) is 0 Å². The smallest absolute Gasteiger partial charge is 0.407 e. The van der Waals surface area contributed by atoms with Gasteiger partial charge >= 0.3 is 12.1 Å². The molecule has 0 spiro atoms. The van der Waals surface area contributed by atoms with Crippen molar-refractivity contribution in [2.45, 2.75) is 52.0 Å². The van der Waals surface area contributed by atoms with Crippen molar-refractivity contribution < 1.29 is 23.8 Å². The van der Waals surface area contributed by atoms with Gasteiger partial charge in [-0.2, -0.15) is 0 Å². The molecule has 2 atom stereocenters. The summed E-state index contributed by atoms with van der Waals surface area (Å²) in [6.45, 7) is 7.19. The van der Waals surface area contributed by atoms with Gasteiger partial charge in [0.05, 0.1) is 19.8 Å². The minimum absolute atomic E-state index is 0.237. The van der Waals surface area contributed by atoms with Crippen LogP contribution in [0, 0.1) is 0 Å². The lowest BCUT2D eigenvalue weighted by Gasteiger charge is -2.25. The lowest BCUT2D eigenvalue weighted by atomic mass is 10.1. The molecule has 6 nitrogen and oxygen atoms in total. The summed E-state index contributed by atoms with van der Waals surface area (Å²) in [7, 11) is 1.28. The highest BCUT2D eigenvalue weighted by Gasteiger charge is 2.29. The Bertz CT molecular complexity index is 509. The third-order valence-corrected chi connectivity index (χ3v) is 2.90. The number of amides is 1. The fraction of sp³-hybridized carbons (Fsp3) is 0.529. The maximum Gasteiger partial charge on any atom is 0.407 e. The number of ether oxygens (including phenoxy) is 3. The molecule has 0 bridgehead atoms. The van der Waals surface area contributed by atoms with Crippen LogP contribution in [0.15, 0.2) is 30.3 Å². The van der Waals surface area contributed by atoms with Crippen LogP contribution in [-0.2, 0) is 25.6 Å². The SMILES string of the molecule is COC(=O)C(OCc1ccccc1)C(C)NC(=O)OC(C)(C)C. The van der Waals surface area contributed by atoms with Gasteiger partial charge in [-0.1, -0.05) is 30.3 Å². The van der Waals surface area contributed by atoms with E-state index < -0.39 is 29.8 Å². The molecule has 2 unspecified atom stereocenters. The Morgan fingerprint density at radius 1 is 1.17 bits per heavy atom. The van der Waals surface area contributed by atoms with Gasteiger partial charge in [0.1, 0.15) is 5.60 Å². The molecule has 1 rings (SSSR count). The summed E-state index contributed by atoms with van der Waals surface area (Å²) in [4.78, 5) is 23.7. The fourth-order valence-corrected chi connectivity index (χ4v) is 1.86. The number of carbonyl (C=O) groups excluding carboxylic acids is 2.